The highest BCUT2D eigenvalue weighted by molar-refractivity contribution is 6.33. The van der Waals surface area contributed by atoms with Gasteiger partial charge in [-0.05, 0) is 36.1 Å². The summed E-state index contributed by atoms with van der Waals surface area (Å²) in [6.07, 6.45) is 1.36. The maximum absolute atomic E-state index is 12.5. The van der Waals surface area contributed by atoms with E-state index in [0.29, 0.717) is 10.7 Å². The third kappa shape index (κ3) is 4.62. The van der Waals surface area contributed by atoms with E-state index < -0.39 is 5.91 Å². The predicted octanol–water partition coefficient (Wildman–Crippen LogP) is 5.23. The zero-order valence-corrected chi connectivity index (χ0v) is 15.2. The fraction of sp³-hybridized carbons (Fsp3) is 0.200. The van der Waals surface area contributed by atoms with Crippen molar-refractivity contribution < 1.29 is 4.79 Å². The predicted molar refractivity (Wildman–Crippen MR) is 103 cm³/mol. The van der Waals surface area contributed by atoms with Crippen molar-refractivity contribution in [3.05, 3.63) is 70.4 Å². The van der Waals surface area contributed by atoms with E-state index in [1.807, 2.05) is 37.3 Å². The molecule has 1 amide bonds. The van der Waals surface area contributed by atoms with Crippen molar-refractivity contribution in [3.8, 4) is 6.07 Å². The van der Waals surface area contributed by atoms with E-state index in [0.717, 1.165) is 16.8 Å². The van der Waals surface area contributed by atoms with Crippen LogP contribution in [0, 0.1) is 18.3 Å². The summed E-state index contributed by atoms with van der Waals surface area (Å²) in [5.74, 6) is -0.204. The van der Waals surface area contributed by atoms with Gasteiger partial charge in [0.1, 0.15) is 11.6 Å². The fourth-order valence-electron chi connectivity index (χ4n) is 2.40. The van der Waals surface area contributed by atoms with Crippen LogP contribution in [-0.4, -0.2) is 5.91 Å². The van der Waals surface area contributed by atoms with Crippen LogP contribution in [0.1, 0.15) is 30.9 Å². The summed E-state index contributed by atoms with van der Waals surface area (Å²) < 4.78 is 0. The van der Waals surface area contributed by atoms with Crippen LogP contribution in [0.25, 0.3) is 0 Å². The molecule has 4 nitrogen and oxygen atoms in total. The number of carbonyl (C=O) groups excluding carboxylic acids is 1. The number of para-hydroxylation sites is 2. The van der Waals surface area contributed by atoms with Gasteiger partial charge in [-0.25, -0.2) is 0 Å². The lowest BCUT2D eigenvalue weighted by molar-refractivity contribution is -0.112. The lowest BCUT2D eigenvalue weighted by atomic mass is 9.98. The number of nitriles is 1. The van der Waals surface area contributed by atoms with Gasteiger partial charge in [0.05, 0.1) is 10.7 Å². The van der Waals surface area contributed by atoms with E-state index in [-0.39, 0.29) is 11.5 Å². The maximum Gasteiger partial charge on any atom is 0.267 e. The molecule has 0 radical (unpaired) electrons. The van der Waals surface area contributed by atoms with E-state index in [1.165, 1.54) is 6.20 Å². The highest BCUT2D eigenvalue weighted by Gasteiger charge is 2.15. The number of rotatable bonds is 5. The standard InChI is InChI=1S/C20H20ClN3O/c1-13(2)16-8-6-7-14(3)19(16)24-20(25)15(11-22)12-23-18-10-5-4-9-17(18)21/h4-10,12-13,23H,1-3H3,(H,24,25)/b15-12-. The molecule has 0 unspecified atom stereocenters. The molecule has 0 aliphatic heterocycles. The van der Waals surface area contributed by atoms with Gasteiger partial charge in [0.2, 0.25) is 0 Å². The van der Waals surface area contributed by atoms with Gasteiger partial charge in [0.25, 0.3) is 5.91 Å². The molecule has 128 valence electrons. The first kappa shape index (κ1) is 18.6. The number of carbonyl (C=O) groups is 1. The Bertz CT molecular complexity index is 850. The zero-order chi connectivity index (χ0) is 18.4. The van der Waals surface area contributed by atoms with Crippen LogP contribution in [0.4, 0.5) is 11.4 Å². The quantitative estimate of drug-likeness (QED) is 0.571. The van der Waals surface area contributed by atoms with Crippen molar-refractivity contribution in [2.24, 2.45) is 0 Å². The Morgan fingerprint density at radius 1 is 1.20 bits per heavy atom. The molecule has 0 bridgehead atoms. The molecule has 0 aliphatic carbocycles. The molecule has 2 aromatic rings. The molecule has 0 atom stereocenters. The van der Waals surface area contributed by atoms with Gasteiger partial charge in [-0.3, -0.25) is 4.79 Å². The SMILES string of the molecule is Cc1cccc(C(C)C)c1NC(=O)/C(C#N)=C\Nc1ccccc1Cl. The average Bonchev–Trinajstić information content (AvgIpc) is 2.58. The number of aryl methyl sites for hydroxylation is 1. The number of nitrogens with zero attached hydrogens (tertiary/aromatic N) is 1. The Morgan fingerprint density at radius 3 is 2.56 bits per heavy atom. The number of amides is 1. The minimum absolute atomic E-state index is 0.0297. The molecule has 25 heavy (non-hydrogen) atoms. The average molecular weight is 354 g/mol. The monoisotopic (exact) mass is 353 g/mol. The maximum atomic E-state index is 12.5. The second-order valence-electron chi connectivity index (χ2n) is 5.94. The molecule has 2 rings (SSSR count). The Morgan fingerprint density at radius 2 is 1.92 bits per heavy atom. The first-order chi connectivity index (χ1) is 11.9. The minimum atomic E-state index is -0.460. The van der Waals surface area contributed by atoms with Gasteiger partial charge in [-0.15, -0.1) is 0 Å². The topological polar surface area (TPSA) is 64.9 Å². The van der Waals surface area contributed by atoms with Crippen molar-refractivity contribution in [2.45, 2.75) is 26.7 Å². The van der Waals surface area contributed by atoms with E-state index in [1.54, 1.807) is 18.2 Å². The van der Waals surface area contributed by atoms with Crippen LogP contribution < -0.4 is 10.6 Å². The minimum Gasteiger partial charge on any atom is -0.359 e. The van der Waals surface area contributed by atoms with Crippen LogP contribution in [-0.2, 0) is 4.79 Å². The van der Waals surface area contributed by atoms with Gasteiger partial charge in [-0.2, -0.15) is 5.26 Å². The Labute approximate surface area is 153 Å². The summed E-state index contributed by atoms with van der Waals surface area (Å²) in [4.78, 5) is 12.5. The molecule has 0 saturated heterocycles. The number of hydrogen-bond acceptors (Lipinski definition) is 3. The second-order valence-corrected chi connectivity index (χ2v) is 6.35. The van der Waals surface area contributed by atoms with Gasteiger partial charge >= 0.3 is 0 Å². The van der Waals surface area contributed by atoms with Gasteiger partial charge in [0.15, 0.2) is 0 Å². The third-order valence-electron chi connectivity index (χ3n) is 3.78. The van der Waals surface area contributed by atoms with Gasteiger partial charge < -0.3 is 10.6 Å². The fourth-order valence-corrected chi connectivity index (χ4v) is 2.59. The van der Waals surface area contributed by atoms with Crippen molar-refractivity contribution in [1.82, 2.24) is 0 Å². The van der Waals surface area contributed by atoms with Crippen molar-refractivity contribution >= 4 is 28.9 Å². The molecule has 0 aliphatic rings. The number of benzene rings is 2. The molecule has 0 spiro atoms. The van der Waals surface area contributed by atoms with E-state index in [4.69, 9.17) is 11.6 Å². The lowest BCUT2D eigenvalue weighted by Crippen LogP contribution is -2.17. The highest BCUT2D eigenvalue weighted by atomic mass is 35.5. The van der Waals surface area contributed by atoms with Crippen molar-refractivity contribution in [1.29, 1.82) is 5.26 Å². The largest absolute Gasteiger partial charge is 0.359 e. The van der Waals surface area contributed by atoms with Crippen LogP contribution >= 0.6 is 11.6 Å². The number of halogens is 1. The highest BCUT2D eigenvalue weighted by Crippen LogP contribution is 2.28. The summed E-state index contributed by atoms with van der Waals surface area (Å²) in [5, 5.41) is 15.6. The molecule has 0 aromatic heterocycles. The second kappa shape index (κ2) is 8.36. The first-order valence-electron chi connectivity index (χ1n) is 7.96. The summed E-state index contributed by atoms with van der Waals surface area (Å²) >= 11 is 6.06. The number of hydrogen-bond donors (Lipinski definition) is 2. The summed E-state index contributed by atoms with van der Waals surface area (Å²) in [7, 11) is 0. The third-order valence-corrected chi connectivity index (χ3v) is 4.11. The Hall–Kier alpha value is -2.77. The van der Waals surface area contributed by atoms with E-state index >= 15 is 0 Å². The first-order valence-corrected chi connectivity index (χ1v) is 8.34. The normalized spacial score (nSPS) is 11.1. The van der Waals surface area contributed by atoms with Crippen molar-refractivity contribution in [2.75, 3.05) is 10.6 Å². The summed E-state index contributed by atoms with van der Waals surface area (Å²) in [5.41, 5.74) is 3.34. The molecule has 0 saturated carbocycles. The zero-order valence-electron chi connectivity index (χ0n) is 14.4. The Balaban J connectivity index is 2.23. The molecule has 2 N–H and O–H groups in total. The van der Waals surface area contributed by atoms with Gasteiger partial charge in [0, 0.05) is 11.9 Å². The van der Waals surface area contributed by atoms with Crippen LogP contribution in [0.5, 0.6) is 0 Å². The molecule has 0 fully saturated rings. The van der Waals surface area contributed by atoms with Gasteiger partial charge in [-0.1, -0.05) is 55.8 Å². The smallest absolute Gasteiger partial charge is 0.267 e. The summed E-state index contributed by atoms with van der Waals surface area (Å²) in [6, 6.07) is 14.9. The van der Waals surface area contributed by atoms with Crippen LogP contribution in [0.2, 0.25) is 5.02 Å². The number of anilines is 2. The number of nitrogens with one attached hydrogen (secondary N) is 2. The van der Waals surface area contributed by atoms with E-state index in [9.17, 15) is 10.1 Å². The van der Waals surface area contributed by atoms with Crippen LogP contribution in [0.15, 0.2) is 54.2 Å². The lowest BCUT2D eigenvalue weighted by Gasteiger charge is -2.16. The molecule has 5 heteroatoms. The summed E-state index contributed by atoms with van der Waals surface area (Å²) in [6.45, 7) is 6.05. The molecule has 2 aromatic carbocycles. The molecular formula is C20H20ClN3O. The van der Waals surface area contributed by atoms with E-state index in [2.05, 4.69) is 24.5 Å². The Kier molecular flexibility index (Phi) is 6.21. The van der Waals surface area contributed by atoms with Crippen LogP contribution in [0.3, 0.4) is 0 Å². The molecular weight excluding hydrogens is 334 g/mol. The van der Waals surface area contributed by atoms with Crippen molar-refractivity contribution in [3.63, 3.8) is 0 Å². The molecule has 0 heterocycles.